The molecule has 3 N–H and O–H groups in total. The van der Waals surface area contributed by atoms with Gasteiger partial charge in [0.15, 0.2) is 10.8 Å². The van der Waals surface area contributed by atoms with Gasteiger partial charge in [-0.05, 0) is 80.9 Å². The predicted octanol–water partition coefficient (Wildman–Crippen LogP) is 3.80. The highest BCUT2D eigenvalue weighted by Crippen LogP contribution is 2.50. The molecule has 0 unspecified atom stereocenters. The molecule has 36 heavy (non-hydrogen) atoms. The average molecular weight is 517 g/mol. The molecule has 1 amide bonds. The first-order chi connectivity index (χ1) is 17.6. The molecule has 1 aliphatic heterocycles. The zero-order valence-corrected chi connectivity index (χ0v) is 21.1. The summed E-state index contributed by atoms with van der Waals surface area (Å²) in [4.78, 5) is 17.7. The number of fused-ring (bicyclic) bond motifs is 2. The first kappa shape index (κ1) is 22.0. The Balaban J connectivity index is 1.17. The summed E-state index contributed by atoms with van der Waals surface area (Å²) in [5, 5.41) is 18.5. The first-order valence-corrected chi connectivity index (χ1v) is 13.7. The third-order valence-corrected chi connectivity index (χ3v) is 9.36. The lowest BCUT2D eigenvalue weighted by molar-refractivity contribution is -0.120. The number of aromatic nitrogens is 6. The highest BCUT2D eigenvalue weighted by molar-refractivity contribution is 7.99. The zero-order valence-electron chi connectivity index (χ0n) is 19.4. The van der Waals surface area contributed by atoms with Gasteiger partial charge in [0, 0.05) is 28.4 Å². The van der Waals surface area contributed by atoms with Crippen molar-refractivity contribution < 1.29 is 4.79 Å². The minimum atomic E-state index is -0.557. The molecule has 5 heterocycles. The minimum Gasteiger partial charge on any atom is -0.369 e. The number of carbonyl (C=O) groups is 1. The highest BCUT2D eigenvalue weighted by atomic mass is 32.2. The highest BCUT2D eigenvalue weighted by Gasteiger charge is 2.52. The summed E-state index contributed by atoms with van der Waals surface area (Å²) in [6.07, 6.45) is 9.93. The molecule has 1 saturated heterocycles. The average Bonchev–Trinajstić information content (AvgIpc) is 3.22. The molecule has 11 heteroatoms. The molecular formula is C25H24N8OS2. The van der Waals surface area contributed by atoms with Crippen molar-refractivity contribution in [2.45, 2.75) is 47.2 Å². The predicted molar refractivity (Wildman–Crippen MR) is 139 cm³/mol. The van der Waals surface area contributed by atoms with Crippen LogP contribution in [0.25, 0.3) is 27.0 Å². The number of thiazole rings is 1. The molecule has 0 radical (unpaired) electrons. The van der Waals surface area contributed by atoms with Crippen molar-refractivity contribution in [1.82, 2.24) is 34.7 Å². The van der Waals surface area contributed by atoms with Gasteiger partial charge in [0.05, 0.1) is 22.5 Å². The number of carbonyl (C=O) groups excluding carboxylic acids is 1. The van der Waals surface area contributed by atoms with Gasteiger partial charge >= 0.3 is 0 Å². The molecule has 9 nitrogen and oxygen atoms in total. The second kappa shape index (κ2) is 8.39. The Bertz CT molecular complexity index is 1610. The smallest absolute Gasteiger partial charge is 0.230 e. The lowest BCUT2D eigenvalue weighted by Gasteiger charge is -2.22. The third-order valence-electron chi connectivity index (χ3n) is 7.19. The fraction of sp³-hybridized carbons (Fsp3) is 0.320. The Labute approximate surface area is 215 Å². The largest absolute Gasteiger partial charge is 0.369 e. The standard InChI is InChI=1S/C25H24N8OS2/c26-22(34)25(7-8-25)23-29-19-3-2-18(11-20(19)36-23)35-24-31-30-21-4-1-15(13-32(21)24)16-12-28-33(14-16)17-5-9-27-10-6-17/h1-4,11-14,17,27H,5-10H2,(H2,26,34). The molecule has 4 aromatic heterocycles. The number of nitrogens with one attached hydrogen (secondary N) is 1. The summed E-state index contributed by atoms with van der Waals surface area (Å²) in [6, 6.07) is 10.6. The van der Waals surface area contributed by atoms with Crippen LogP contribution in [0.3, 0.4) is 0 Å². The minimum absolute atomic E-state index is 0.275. The van der Waals surface area contributed by atoms with Gasteiger partial charge in [-0.15, -0.1) is 21.5 Å². The Morgan fingerprint density at radius 1 is 1.11 bits per heavy atom. The number of hydrogen-bond donors (Lipinski definition) is 2. The monoisotopic (exact) mass is 516 g/mol. The second-order valence-electron chi connectivity index (χ2n) is 9.52. The van der Waals surface area contributed by atoms with Crippen molar-refractivity contribution in [3.8, 4) is 11.1 Å². The summed E-state index contributed by atoms with van der Waals surface area (Å²) in [5.74, 6) is -0.275. The number of piperidine rings is 1. The normalized spacial score (nSPS) is 17.7. The van der Waals surface area contributed by atoms with Crippen LogP contribution in [0, 0.1) is 0 Å². The van der Waals surface area contributed by atoms with E-state index in [0.29, 0.717) is 6.04 Å². The summed E-state index contributed by atoms with van der Waals surface area (Å²) in [7, 11) is 0. The van der Waals surface area contributed by atoms with E-state index >= 15 is 0 Å². The van der Waals surface area contributed by atoms with Crippen LogP contribution in [0.2, 0.25) is 0 Å². The summed E-state index contributed by atoms with van der Waals surface area (Å²) in [5.41, 5.74) is 8.95. The van der Waals surface area contributed by atoms with E-state index in [0.717, 1.165) is 80.8 Å². The Morgan fingerprint density at radius 2 is 1.97 bits per heavy atom. The van der Waals surface area contributed by atoms with Gasteiger partial charge in [-0.2, -0.15) is 5.10 Å². The summed E-state index contributed by atoms with van der Waals surface area (Å²) < 4.78 is 5.17. The van der Waals surface area contributed by atoms with Gasteiger partial charge < -0.3 is 11.1 Å². The number of primary amides is 1. The van der Waals surface area contributed by atoms with Gasteiger partial charge in [-0.25, -0.2) is 4.98 Å². The molecule has 5 aromatic rings. The van der Waals surface area contributed by atoms with Crippen LogP contribution in [-0.4, -0.2) is 48.4 Å². The van der Waals surface area contributed by atoms with Crippen molar-refractivity contribution in [3.05, 3.63) is 53.9 Å². The van der Waals surface area contributed by atoms with Gasteiger partial charge in [0.1, 0.15) is 10.4 Å². The molecular weight excluding hydrogens is 492 g/mol. The number of pyridine rings is 1. The van der Waals surface area contributed by atoms with E-state index in [-0.39, 0.29) is 5.91 Å². The Kier molecular flexibility index (Phi) is 5.12. The van der Waals surface area contributed by atoms with Gasteiger partial charge in [-0.3, -0.25) is 13.9 Å². The van der Waals surface area contributed by atoms with Crippen molar-refractivity contribution in [1.29, 1.82) is 0 Å². The van der Waals surface area contributed by atoms with Crippen LogP contribution in [0.1, 0.15) is 36.7 Å². The number of benzene rings is 1. The molecule has 7 rings (SSSR count). The Hall–Kier alpha value is -3.28. The third kappa shape index (κ3) is 3.69. The molecule has 182 valence electrons. The molecule has 1 aliphatic carbocycles. The van der Waals surface area contributed by atoms with Crippen molar-refractivity contribution >= 4 is 44.9 Å². The maximum absolute atomic E-state index is 11.9. The fourth-order valence-corrected chi connectivity index (χ4v) is 7.02. The van der Waals surface area contributed by atoms with Crippen LogP contribution in [0.5, 0.6) is 0 Å². The van der Waals surface area contributed by atoms with Crippen LogP contribution >= 0.6 is 23.1 Å². The fourth-order valence-electron chi connectivity index (χ4n) is 4.84. The van der Waals surface area contributed by atoms with Crippen molar-refractivity contribution in [3.63, 3.8) is 0 Å². The van der Waals surface area contributed by atoms with Gasteiger partial charge in [0.2, 0.25) is 5.91 Å². The quantitative estimate of drug-likeness (QED) is 0.353. The van der Waals surface area contributed by atoms with Crippen molar-refractivity contribution in [2.75, 3.05) is 13.1 Å². The van der Waals surface area contributed by atoms with Crippen LogP contribution in [0.4, 0.5) is 0 Å². The van der Waals surface area contributed by atoms with Gasteiger partial charge in [0.25, 0.3) is 0 Å². The molecule has 1 saturated carbocycles. The first-order valence-electron chi connectivity index (χ1n) is 12.1. The SMILES string of the molecule is NC(=O)C1(c2nc3ccc(Sc4nnc5ccc(-c6cnn(C7CCNCC7)c6)cn45)cc3s2)CC1. The van der Waals surface area contributed by atoms with Crippen LogP contribution < -0.4 is 11.1 Å². The van der Waals surface area contributed by atoms with E-state index in [1.54, 1.807) is 23.1 Å². The van der Waals surface area contributed by atoms with E-state index in [4.69, 9.17) is 10.7 Å². The molecule has 0 bridgehead atoms. The van der Waals surface area contributed by atoms with E-state index in [2.05, 4.69) is 49.8 Å². The topological polar surface area (TPSA) is 116 Å². The van der Waals surface area contributed by atoms with E-state index < -0.39 is 5.41 Å². The molecule has 2 aliphatic rings. The molecule has 0 spiro atoms. The summed E-state index contributed by atoms with van der Waals surface area (Å²) in [6.45, 7) is 2.07. The Morgan fingerprint density at radius 3 is 2.78 bits per heavy atom. The van der Waals surface area contributed by atoms with E-state index in [1.807, 2.05) is 28.8 Å². The lowest BCUT2D eigenvalue weighted by atomic mass is 10.1. The lowest BCUT2D eigenvalue weighted by Crippen LogP contribution is -2.29. The number of rotatable bonds is 6. The number of nitrogens with zero attached hydrogens (tertiary/aromatic N) is 6. The molecule has 1 aromatic carbocycles. The number of amides is 1. The maximum Gasteiger partial charge on any atom is 0.230 e. The molecule has 2 fully saturated rings. The van der Waals surface area contributed by atoms with Gasteiger partial charge in [-0.1, -0.05) is 0 Å². The van der Waals surface area contributed by atoms with Crippen molar-refractivity contribution in [2.24, 2.45) is 5.73 Å². The van der Waals surface area contributed by atoms with E-state index in [9.17, 15) is 4.79 Å². The van der Waals surface area contributed by atoms with Crippen LogP contribution in [-0.2, 0) is 10.2 Å². The number of nitrogens with two attached hydrogens (primary N) is 1. The number of hydrogen-bond acceptors (Lipinski definition) is 8. The zero-order chi connectivity index (χ0) is 24.3. The van der Waals surface area contributed by atoms with Crippen LogP contribution in [0.15, 0.2) is 59.0 Å². The summed E-state index contributed by atoms with van der Waals surface area (Å²) >= 11 is 3.12. The maximum atomic E-state index is 11.9. The second-order valence-corrected chi connectivity index (χ2v) is 11.6. The van der Waals surface area contributed by atoms with E-state index in [1.165, 1.54) is 0 Å². The molecule has 0 atom stereocenters.